The number of nitrogens with zero attached hydrogens (tertiary/aromatic N) is 5. The lowest BCUT2D eigenvalue weighted by Crippen LogP contribution is -2.11. The summed E-state index contributed by atoms with van der Waals surface area (Å²) in [5.41, 5.74) is 9.71. The zero-order chi connectivity index (χ0) is 18.7. The fourth-order valence-electron chi connectivity index (χ4n) is 2.75. The standard InChI is InChI=1S/C18H23BrN6O/c1-4-8-26-18-22-15(20)14-16(23-18)25(17(19)21-14)11-13-7-5-6-12(9-13)10-24(2)3/h5-7,9H,4,8,10-11H2,1-3H3,(H2,20,22,23). The number of imidazole rings is 1. The minimum Gasteiger partial charge on any atom is -0.463 e. The molecule has 1 aromatic carbocycles. The molecule has 0 aliphatic rings. The minimum atomic E-state index is 0.284. The van der Waals surface area contributed by atoms with Crippen LogP contribution < -0.4 is 10.5 Å². The van der Waals surface area contributed by atoms with Gasteiger partial charge >= 0.3 is 6.01 Å². The van der Waals surface area contributed by atoms with Gasteiger partial charge in [0.1, 0.15) is 0 Å². The molecule has 0 saturated carbocycles. The molecule has 26 heavy (non-hydrogen) atoms. The molecule has 0 amide bonds. The van der Waals surface area contributed by atoms with Gasteiger partial charge in [-0.25, -0.2) is 4.98 Å². The average molecular weight is 419 g/mol. The predicted molar refractivity (Wildman–Crippen MR) is 106 cm³/mol. The van der Waals surface area contributed by atoms with Gasteiger partial charge < -0.3 is 15.4 Å². The van der Waals surface area contributed by atoms with Gasteiger partial charge in [0, 0.05) is 6.54 Å². The Kier molecular flexibility index (Phi) is 5.73. The number of aromatic nitrogens is 4. The van der Waals surface area contributed by atoms with E-state index in [0.29, 0.717) is 34.9 Å². The second-order valence-electron chi connectivity index (χ2n) is 6.44. The molecule has 0 aliphatic heterocycles. The number of nitrogens with two attached hydrogens (primary N) is 1. The zero-order valence-corrected chi connectivity index (χ0v) is 16.8. The molecule has 8 heteroatoms. The van der Waals surface area contributed by atoms with E-state index in [4.69, 9.17) is 10.5 Å². The van der Waals surface area contributed by atoms with Crippen LogP contribution in [0.15, 0.2) is 29.0 Å². The molecule has 0 atom stereocenters. The SMILES string of the molecule is CCCOc1nc(N)c2nc(Br)n(Cc3cccc(CN(C)C)c3)c2n1. The number of nitrogen functional groups attached to an aromatic ring is 1. The van der Waals surface area contributed by atoms with E-state index >= 15 is 0 Å². The number of fused-ring (bicyclic) bond motifs is 1. The third kappa shape index (κ3) is 4.13. The molecule has 0 unspecified atom stereocenters. The van der Waals surface area contributed by atoms with Crippen molar-refractivity contribution < 1.29 is 4.74 Å². The van der Waals surface area contributed by atoms with Crippen LogP contribution in [0.25, 0.3) is 11.2 Å². The highest BCUT2D eigenvalue weighted by molar-refractivity contribution is 9.10. The summed E-state index contributed by atoms with van der Waals surface area (Å²) in [7, 11) is 4.12. The molecular weight excluding hydrogens is 396 g/mol. The topological polar surface area (TPSA) is 82.1 Å². The van der Waals surface area contributed by atoms with Gasteiger partial charge in [-0.2, -0.15) is 9.97 Å². The normalized spacial score (nSPS) is 11.4. The maximum atomic E-state index is 6.05. The number of ether oxygens (including phenoxy) is 1. The number of benzene rings is 1. The Morgan fingerprint density at radius 1 is 1.19 bits per heavy atom. The van der Waals surface area contributed by atoms with Crippen molar-refractivity contribution in [1.82, 2.24) is 24.4 Å². The number of rotatable bonds is 7. The van der Waals surface area contributed by atoms with E-state index in [9.17, 15) is 0 Å². The molecule has 0 spiro atoms. The summed E-state index contributed by atoms with van der Waals surface area (Å²) in [4.78, 5) is 15.3. The number of hydrogen-bond acceptors (Lipinski definition) is 6. The Balaban J connectivity index is 1.96. The van der Waals surface area contributed by atoms with E-state index in [1.54, 1.807) is 0 Å². The first-order valence-corrected chi connectivity index (χ1v) is 9.31. The maximum Gasteiger partial charge on any atom is 0.320 e. The summed E-state index contributed by atoms with van der Waals surface area (Å²) < 4.78 is 8.20. The van der Waals surface area contributed by atoms with Crippen LogP contribution >= 0.6 is 15.9 Å². The van der Waals surface area contributed by atoms with Crippen LogP contribution in [0.3, 0.4) is 0 Å². The molecule has 0 bridgehead atoms. The fourth-order valence-corrected chi connectivity index (χ4v) is 3.22. The van der Waals surface area contributed by atoms with Crippen LogP contribution in [0.1, 0.15) is 24.5 Å². The van der Waals surface area contributed by atoms with Gasteiger partial charge in [0.05, 0.1) is 13.2 Å². The van der Waals surface area contributed by atoms with Crippen LogP contribution in [0.2, 0.25) is 0 Å². The molecule has 2 aromatic heterocycles. The van der Waals surface area contributed by atoms with E-state index in [0.717, 1.165) is 18.5 Å². The first kappa shape index (κ1) is 18.6. The van der Waals surface area contributed by atoms with Gasteiger partial charge in [-0.05, 0) is 47.6 Å². The summed E-state index contributed by atoms with van der Waals surface area (Å²) in [6.45, 7) is 4.10. The molecule has 7 nitrogen and oxygen atoms in total. The van der Waals surface area contributed by atoms with Crippen molar-refractivity contribution in [1.29, 1.82) is 0 Å². The van der Waals surface area contributed by atoms with Crippen molar-refractivity contribution in [2.45, 2.75) is 26.4 Å². The van der Waals surface area contributed by atoms with Gasteiger partial charge in [0.15, 0.2) is 21.7 Å². The number of hydrogen-bond donors (Lipinski definition) is 1. The Bertz CT molecular complexity index is 908. The van der Waals surface area contributed by atoms with E-state index < -0.39 is 0 Å². The Morgan fingerprint density at radius 2 is 1.96 bits per heavy atom. The molecular formula is C18H23BrN6O. The van der Waals surface area contributed by atoms with Gasteiger partial charge in [-0.15, -0.1) is 0 Å². The van der Waals surface area contributed by atoms with Crippen LogP contribution in [-0.4, -0.2) is 45.1 Å². The highest BCUT2D eigenvalue weighted by Crippen LogP contribution is 2.25. The Labute approximate surface area is 161 Å². The molecule has 2 N–H and O–H groups in total. The second-order valence-corrected chi connectivity index (χ2v) is 7.15. The first-order valence-electron chi connectivity index (χ1n) is 8.52. The molecule has 0 saturated heterocycles. The summed E-state index contributed by atoms with van der Waals surface area (Å²) in [5.74, 6) is 0.321. The molecule has 3 aromatic rings. The third-order valence-electron chi connectivity index (χ3n) is 3.82. The molecule has 0 radical (unpaired) electrons. The highest BCUT2D eigenvalue weighted by atomic mass is 79.9. The average Bonchev–Trinajstić information content (AvgIpc) is 2.89. The summed E-state index contributed by atoms with van der Waals surface area (Å²) in [6.07, 6.45) is 0.878. The lowest BCUT2D eigenvalue weighted by atomic mass is 10.1. The predicted octanol–water partition coefficient (Wildman–Crippen LogP) is 3.07. The fraction of sp³-hybridized carbons (Fsp3) is 0.389. The van der Waals surface area contributed by atoms with Crippen molar-refractivity contribution in [3.8, 4) is 6.01 Å². The maximum absolute atomic E-state index is 6.05. The Hall–Kier alpha value is -2.19. The van der Waals surface area contributed by atoms with Gasteiger partial charge in [-0.3, -0.25) is 4.57 Å². The first-order chi connectivity index (χ1) is 12.5. The van der Waals surface area contributed by atoms with Gasteiger partial charge in [0.25, 0.3) is 0 Å². The van der Waals surface area contributed by atoms with E-state index in [1.165, 1.54) is 5.56 Å². The van der Waals surface area contributed by atoms with Crippen LogP contribution in [0.5, 0.6) is 6.01 Å². The summed E-state index contributed by atoms with van der Waals surface area (Å²) in [5, 5.41) is 0. The molecule has 0 aliphatic carbocycles. The van der Waals surface area contributed by atoms with Crippen molar-refractivity contribution in [3.05, 3.63) is 40.1 Å². The summed E-state index contributed by atoms with van der Waals surface area (Å²) >= 11 is 3.52. The van der Waals surface area contributed by atoms with Gasteiger partial charge in [-0.1, -0.05) is 31.2 Å². The minimum absolute atomic E-state index is 0.284. The lowest BCUT2D eigenvalue weighted by molar-refractivity contribution is 0.293. The van der Waals surface area contributed by atoms with Gasteiger partial charge in [0.2, 0.25) is 0 Å². The molecule has 138 valence electrons. The van der Waals surface area contributed by atoms with Crippen molar-refractivity contribution in [3.63, 3.8) is 0 Å². The number of halogens is 1. The highest BCUT2D eigenvalue weighted by Gasteiger charge is 2.16. The lowest BCUT2D eigenvalue weighted by Gasteiger charge is -2.12. The monoisotopic (exact) mass is 418 g/mol. The van der Waals surface area contributed by atoms with E-state index in [2.05, 4.69) is 74.1 Å². The molecule has 2 heterocycles. The van der Waals surface area contributed by atoms with Crippen molar-refractivity contribution in [2.24, 2.45) is 0 Å². The zero-order valence-electron chi connectivity index (χ0n) is 15.2. The Morgan fingerprint density at radius 3 is 2.69 bits per heavy atom. The van der Waals surface area contributed by atoms with Crippen LogP contribution in [0, 0.1) is 0 Å². The second kappa shape index (κ2) is 8.01. The smallest absolute Gasteiger partial charge is 0.320 e. The van der Waals surface area contributed by atoms with Crippen molar-refractivity contribution >= 4 is 32.9 Å². The van der Waals surface area contributed by atoms with E-state index in [-0.39, 0.29) is 6.01 Å². The van der Waals surface area contributed by atoms with Crippen LogP contribution in [-0.2, 0) is 13.1 Å². The quantitative estimate of drug-likeness (QED) is 0.593. The van der Waals surface area contributed by atoms with Crippen molar-refractivity contribution in [2.75, 3.05) is 26.4 Å². The molecule has 0 fully saturated rings. The van der Waals surface area contributed by atoms with E-state index in [1.807, 2.05) is 11.5 Å². The van der Waals surface area contributed by atoms with Crippen LogP contribution in [0.4, 0.5) is 5.82 Å². The molecule has 3 rings (SSSR count). The summed E-state index contributed by atoms with van der Waals surface area (Å²) in [6, 6.07) is 8.77. The largest absolute Gasteiger partial charge is 0.463 e. The third-order valence-corrected chi connectivity index (χ3v) is 4.43. The number of anilines is 1.